The summed E-state index contributed by atoms with van der Waals surface area (Å²) in [5.74, 6) is 5.36. The molecule has 0 bridgehead atoms. The summed E-state index contributed by atoms with van der Waals surface area (Å²) in [5, 5.41) is 0. The lowest BCUT2D eigenvalue weighted by Crippen LogP contribution is -2.51. The number of amides is 1. The summed E-state index contributed by atoms with van der Waals surface area (Å²) < 4.78 is 5.29. The number of piperidine rings is 1. The van der Waals surface area contributed by atoms with Gasteiger partial charge in [0.1, 0.15) is 5.60 Å². The molecule has 1 aliphatic rings. The summed E-state index contributed by atoms with van der Waals surface area (Å²) in [6, 6.07) is 0.186. The number of nitrogens with one attached hydrogen (secondary N) is 1. The van der Waals surface area contributed by atoms with Gasteiger partial charge in [-0.15, -0.1) is 0 Å². The van der Waals surface area contributed by atoms with Crippen LogP contribution in [0, 0.1) is 0 Å². The van der Waals surface area contributed by atoms with E-state index in [9.17, 15) is 4.79 Å². The Balaban J connectivity index is 2.45. The number of hydrogen-bond donors (Lipinski definition) is 2. The second kappa shape index (κ2) is 4.81. The van der Waals surface area contributed by atoms with E-state index in [1.54, 1.807) is 4.90 Å². The van der Waals surface area contributed by atoms with Crippen molar-refractivity contribution in [3.63, 3.8) is 0 Å². The fraction of sp³-hybridized carbons (Fsp3) is 0.900. The van der Waals surface area contributed by atoms with E-state index in [1.165, 1.54) is 0 Å². The lowest BCUT2D eigenvalue weighted by molar-refractivity contribution is 0.0188. The third-order valence-electron chi connectivity index (χ3n) is 2.31. The molecule has 0 aliphatic carbocycles. The first-order chi connectivity index (χ1) is 6.92. The summed E-state index contributed by atoms with van der Waals surface area (Å²) in [6.07, 6.45) is 1.73. The summed E-state index contributed by atoms with van der Waals surface area (Å²) in [6.45, 7) is 6.99. The Morgan fingerprint density at radius 2 is 2.20 bits per heavy atom. The van der Waals surface area contributed by atoms with Crippen LogP contribution in [-0.2, 0) is 4.74 Å². The van der Waals surface area contributed by atoms with Crippen molar-refractivity contribution in [1.82, 2.24) is 10.3 Å². The summed E-state index contributed by atoms with van der Waals surface area (Å²) in [4.78, 5) is 13.4. The maximum atomic E-state index is 11.7. The van der Waals surface area contributed by atoms with Gasteiger partial charge >= 0.3 is 6.09 Å². The fourth-order valence-electron chi connectivity index (χ4n) is 1.61. The Morgan fingerprint density at radius 3 is 2.73 bits per heavy atom. The molecule has 1 amide bonds. The van der Waals surface area contributed by atoms with Gasteiger partial charge in [-0.3, -0.25) is 11.3 Å². The van der Waals surface area contributed by atoms with E-state index in [0.717, 1.165) is 19.4 Å². The molecule has 1 fully saturated rings. The van der Waals surface area contributed by atoms with Crippen molar-refractivity contribution < 1.29 is 9.53 Å². The molecule has 0 aromatic rings. The molecule has 15 heavy (non-hydrogen) atoms. The number of nitrogens with zero attached hydrogens (tertiary/aromatic N) is 1. The maximum absolute atomic E-state index is 11.7. The van der Waals surface area contributed by atoms with Crippen molar-refractivity contribution in [1.29, 1.82) is 0 Å². The molecule has 0 unspecified atom stereocenters. The Bertz CT molecular complexity index is 225. The number of hydrazine groups is 1. The van der Waals surface area contributed by atoms with Crippen molar-refractivity contribution in [3.8, 4) is 0 Å². The maximum Gasteiger partial charge on any atom is 0.410 e. The van der Waals surface area contributed by atoms with Gasteiger partial charge in [0.05, 0.1) is 0 Å². The van der Waals surface area contributed by atoms with E-state index >= 15 is 0 Å². The molecular formula is C10H21N3O2. The fourth-order valence-corrected chi connectivity index (χ4v) is 1.61. The van der Waals surface area contributed by atoms with Gasteiger partial charge in [0.25, 0.3) is 0 Å². The van der Waals surface area contributed by atoms with E-state index in [-0.39, 0.29) is 12.1 Å². The van der Waals surface area contributed by atoms with Gasteiger partial charge in [0, 0.05) is 19.1 Å². The van der Waals surface area contributed by atoms with Crippen LogP contribution in [0.2, 0.25) is 0 Å². The molecule has 0 spiro atoms. The first-order valence-corrected chi connectivity index (χ1v) is 5.36. The quantitative estimate of drug-likeness (QED) is 0.502. The SMILES string of the molecule is CC(C)(C)OC(=O)N1CCC[C@H](NN)C1. The Labute approximate surface area is 90.9 Å². The Morgan fingerprint density at radius 1 is 1.53 bits per heavy atom. The van der Waals surface area contributed by atoms with Gasteiger partial charge in [0.15, 0.2) is 0 Å². The molecule has 1 atom stereocenters. The normalized spacial score (nSPS) is 22.7. The predicted octanol–water partition coefficient (Wildman–Crippen LogP) is 0.849. The van der Waals surface area contributed by atoms with Crippen LogP contribution in [0.4, 0.5) is 4.79 Å². The number of nitrogens with two attached hydrogens (primary N) is 1. The van der Waals surface area contributed by atoms with Crippen LogP contribution in [-0.4, -0.2) is 35.7 Å². The zero-order valence-corrected chi connectivity index (χ0v) is 9.75. The molecule has 0 saturated carbocycles. The van der Waals surface area contributed by atoms with Crippen LogP contribution in [0.1, 0.15) is 33.6 Å². The van der Waals surface area contributed by atoms with Crippen molar-refractivity contribution in [2.75, 3.05) is 13.1 Å². The topological polar surface area (TPSA) is 67.6 Å². The largest absolute Gasteiger partial charge is 0.444 e. The van der Waals surface area contributed by atoms with Gasteiger partial charge in [-0.2, -0.15) is 0 Å². The molecule has 1 aliphatic heterocycles. The monoisotopic (exact) mass is 215 g/mol. The molecule has 5 nitrogen and oxygen atoms in total. The number of carbonyl (C=O) groups excluding carboxylic acids is 1. The molecule has 0 aromatic heterocycles. The molecule has 1 rings (SSSR count). The average molecular weight is 215 g/mol. The lowest BCUT2D eigenvalue weighted by Gasteiger charge is -2.33. The third-order valence-corrected chi connectivity index (χ3v) is 2.31. The highest BCUT2D eigenvalue weighted by molar-refractivity contribution is 5.68. The molecule has 3 N–H and O–H groups in total. The van der Waals surface area contributed by atoms with Crippen molar-refractivity contribution >= 4 is 6.09 Å². The van der Waals surface area contributed by atoms with Crippen molar-refractivity contribution in [2.45, 2.75) is 45.3 Å². The highest BCUT2D eigenvalue weighted by Crippen LogP contribution is 2.14. The van der Waals surface area contributed by atoms with Crippen LogP contribution < -0.4 is 11.3 Å². The number of carbonyl (C=O) groups is 1. The number of ether oxygens (including phenoxy) is 1. The van der Waals surface area contributed by atoms with E-state index in [2.05, 4.69) is 5.43 Å². The number of likely N-dealkylation sites (tertiary alicyclic amines) is 1. The molecule has 0 radical (unpaired) electrons. The minimum atomic E-state index is -0.430. The highest BCUT2D eigenvalue weighted by atomic mass is 16.6. The van der Waals surface area contributed by atoms with Crippen LogP contribution in [0.15, 0.2) is 0 Å². The molecule has 0 aromatic carbocycles. The van der Waals surface area contributed by atoms with E-state index in [0.29, 0.717) is 6.54 Å². The first kappa shape index (κ1) is 12.3. The van der Waals surface area contributed by atoms with Gasteiger partial charge in [-0.1, -0.05) is 0 Å². The first-order valence-electron chi connectivity index (χ1n) is 5.36. The summed E-state index contributed by atoms with van der Waals surface area (Å²) >= 11 is 0. The van der Waals surface area contributed by atoms with Gasteiger partial charge in [-0.25, -0.2) is 4.79 Å². The van der Waals surface area contributed by atoms with Gasteiger partial charge in [-0.05, 0) is 33.6 Å². The van der Waals surface area contributed by atoms with Gasteiger partial charge in [0.2, 0.25) is 0 Å². The molecular weight excluding hydrogens is 194 g/mol. The standard InChI is InChI=1S/C10H21N3O2/c1-10(2,3)15-9(14)13-6-4-5-8(7-13)12-11/h8,12H,4-7,11H2,1-3H3/t8-/m0/s1. The Hall–Kier alpha value is -0.810. The zero-order valence-electron chi connectivity index (χ0n) is 9.75. The zero-order chi connectivity index (χ0) is 11.5. The molecule has 5 heteroatoms. The molecule has 1 heterocycles. The van der Waals surface area contributed by atoms with E-state index in [1.807, 2.05) is 20.8 Å². The van der Waals surface area contributed by atoms with Gasteiger partial charge < -0.3 is 9.64 Å². The average Bonchev–Trinajstić information content (AvgIpc) is 2.15. The van der Waals surface area contributed by atoms with Crippen molar-refractivity contribution in [2.24, 2.45) is 5.84 Å². The summed E-state index contributed by atoms with van der Waals surface area (Å²) in [5.41, 5.74) is 2.27. The van der Waals surface area contributed by atoms with Crippen LogP contribution in [0.5, 0.6) is 0 Å². The number of rotatable bonds is 1. The third kappa shape index (κ3) is 4.05. The van der Waals surface area contributed by atoms with E-state index in [4.69, 9.17) is 10.6 Å². The van der Waals surface area contributed by atoms with Crippen LogP contribution >= 0.6 is 0 Å². The minimum Gasteiger partial charge on any atom is -0.444 e. The van der Waals surface area contributed by atoms with Crippen LogP contribution in [0.25, 0.3) is 0 Å². The van der Waals surface area contributed by atoms with E-state index < -0.39 is 5.60 Å². The summed E-state index contributed by atoms with van der Waals surface area (Å²) in [7, 11) is 0. The number of hydrogen-bond acceptors (Lipinski definition) is 4. The van der Waals surface area contributed by atoms with Crippen molar-refractivity contribution in [3.05, 3.63) is 0 Å². The highest BCUT2D eigenvalue weighted by Gasteiger charge is 2.26. The smallest absolute Gasteiger partial charge is 0.410 e. The minimum absolute atomic E-state index is 0.186. The Kier molecular flexibility index (Phi) is 3.93. The molecule has 88 valence electrons. The van der Waals surface area contributed by atoms with Crippen LogP contribution in [0.3, 0.4) is 0 Å². The second-order valence-electron chi connectivity index (χ2n) is 4.93. The predicted molar refractivity (Wildman–Crippen MR) is 58.2 cm³/mol. The lowest BCUT2D eigenvalue weighted by atomic mass is 10.1. The second-order valence-corrected chi connectivity index (χ2v) is 4.93. The molecule has 1 saturated heterocycles.